The lowest BCUT2D eigenvalue weighted by Gasteiger charge is -2.36. The van der Waals surface area contributed by atoms with Crippen molar-refractivity contribution in [3.63, 3.8) is 0 Å². The second-order valence-corrected chi connectivity index (χ2v) is 7.92. The molecule has 2 heteroatoms. The molecular weight excluding hydrogens is 282 g/mol. The summed E-state index contributed by atoms with van der Waals surface area (Å²) in [6, 6.07) is 2.46. The summed E-state index contributed by atoms with van der Waals surface area (Å²) >= 11 is 0. The first kappa shape index (κ1) is 18.8. The van der Waals surface area contributed by atoms with E-state index in [1.54, 1.807) is 0 Å². The van der Waals surface area contributed by atoms with Crippen molar-refractivity contribution in [1.82, 2.24) is 0 Å². The Morgan fingerprint density at radius 2 is 1.35 bits per heavy atom. The molecule has 0 aromatic rings. The van der Waals surface area contributed by atoms with Crippen molar-refractivity contribution in [1.29, 1.82) is 5.26 Å². The number of ether oxygens (including phenoxy) is 1. The highest BCUT2D eigenvalue weighted by molar-refractivity contribution is 4.89. The van der Waals surface area contributed by atoms with Crippen LogP contribution < -0.4 is 0 Å². The molecule has 0 aromatic heterocycles. The molecule has 2 fully saturated rings. The van der Waals surface area contributed by atoms with E-state index in [0.717, 1.165) is 31.3 Å². The Morgan fingerprint density at radius 1 is 0.783 bits per heavy atom. The summed E-state index contributed by atoms with van der Waals surface area (Å²) in [6.45, 7) is 3.25. The van der Waals surface area contributed by atoms with E-state index in [1.165, 1.54) is 77.0 Å². The van der Waals surface area contributed by atoms with E-state index in [0.29, 0.717) is 12.0 Å². The van der Waals surface area contributed by atoms with Crippen molar-refractivity contribution in [3.8, 4) is 6.07 Å². The lowest BCUT2D eigenvalue weighted by atomic mass is 9.71. The minimum atomic E-state index is 0.350. The van der Waals surface area contributed by atoms with Gasteiger partial charge in [0.15, 0.2) is 0 Å². The van der Waals surface area contributed by atoms with Gasteiger partial charge in [-0.05, 0) is 69.6 Å². The van der Waals surface area contributed by atoms with Gasteiger partial charge in [-0.25, -0.2) is 0 Å². The van der Waals surface area contributed by atoms with Gasteiger partial charge in [0.2, 0.25) is 0 Å². The van der Waals surface area contributed by atoms with Crippen LogP contribution in [0.25, 0.3) is 0 Å². The van der Waals surface area contributed by atoms with Crippen molar-refractivity contribution in [2.75, 3.05) is 6.61 Å². The largest absolute Gasteiger partial charge is 0.378 e. The van der Waals surface area contributed by atoms with Crippen LogP contribution in [0.3, 0.4) is 0 Å². The van der Waals surface area contributed by atoms with Gasteiger partial charge in [-0.1, -0.05) is 39.0 Å². The van der Waals surface area contributed by atoms with Gasteiger partial charge >= 0.3 is 0 Å². The lowest BCUT2D eigenvalue weighted by molar-refractivity contribution is 0.00602. The van der Waals surface area contributed by atoms with Crippen LogP contribution in [0.15, 0.2) is 0 Å². The number of nitrogens with zero attached hydrogens (tertiary/aromatic N) is 1. The first-order valence-corrected chi connectivity index (χ1v) is 10.3. The molecule has 2 aliphatic carbocycles. The van der Waals surface area contributed by atoms with Crippen LogP contribution in [0.1, 0.15) is 96.8 Å². The topological polar surface area (TPSA) is 33.0 Å². The third-order valence-corrected chi connectivity index (χ3v) is 6.19. The van der Waals surface area contributed by atoms with Crippen molar-refractivity contribution < 1.29 is 4.74 Å². The van der Waals surface area contributed by atoms with Gasteiger partial charge in [-0.15, -0.1) is 0 Å². The van der Waals surface area contributed by atoms with Gasteiger partial charge in [-0.3, -0.25) is 0 Å². The van der Waals surface area contributed by atoms with E-state index in [-0.39, 0.29) is 0 Å². The summed E-state index contributed by atoms with van der Waals surface area (Å²) in [7, 11) is 0. The van der Waals surface area contributed by atoms with Gasteiger partial charge in [0.1, 0.15) is 0 Å². The summed E-state index contributed by atoms with van der Waals surface area (Å²) in [6.07, 6.45) is 18.8. The third kappa shape index (κ3) is 6.84. The van der Waals surface area contributed by atoms with Crippen molar-refractivity contribution in [2.24, 2.45) is 17.8 Å². The molecule has 0 aromatic carbocycles. The first-order chi connectivity index (χ1) is 11.3. The third-order valence-electron chi connectivity index (χ3n) is 6.19. The monoisotopic (exact) mass is 319 g/mol. The van der Waals surface area contributed by atoms with Crippen LogP contribution in [-0.2, 0) is 4.74 Å². The molecule has 0 bridgehead atoms. The molecule has 0 heterocycles. The molecule has 0 atom stereocenters. The first-order valence-electron chi connectivity index (χ1n) is 10.3. The average molecular weight is 320 g/mol. The fourth-order valence-electron chi connectivity index (χ4n) is 4.58. The molecule has 0 aliphatic heterocycles. The molecule has 2 aliphatic rings. The van der Waals surface area contributed by atoms with Crippen LogP contribution in [0.4, 0.5) is 0 Å². The fourth-order valence-corrected chi connectivity index (χ4v) is 4.58. The molecule has 23 heavy (non-hydrogen) atoms. The van der Waals surface area contributed by atoms with E-state index >= 15 is 0 Å². The Labute approximate surface area is 144 Å². The normalized spacial score (nSPS) is 31.7. The second kappa shape index (κ2) is 11.1. The molecule has 0 radical (unpaired) electrons. The predicted octanol–water partition coefficient (Wildman–Crippen LogP) is 6.25. The zero-order valence-electron chi connectivity index (χ0n) is 15.3. The Balaban J connectivity index is 1.50. The van der Waals surface area contributed by atoms with Gasteiger partial charge in [-0.2, -0.15) is 5.26 Å². The van der Waals surface area contributed by atoms with Crippen molar-refractivity contribution in [2.45, 2.75) is 103 Å². The highest BCUT2D eigenvalue weighted by Gasteiger charge is 2.30. The van der Waals surface area contributed by atoms with Crippen LogP contribution in [0.5, 0.6) is 0 Å². The Kier molecular flexibility index (Phi) is 9.05. The Morgan fingerprint density at radius 3 is 1.96 bits per heavy atom. The molecule has 0 spiro atoms. The van der Waals surface area contributed by atoms with Gasteiger partial charge in [0.05, 0.1) is 12.2 Å². The quantitative estimate of drug-likeness (QED) is 0.470. The SMILES string of the molecule is CCCCCCCCOC1CCC(C2CCC(C#N)CC2)CC1. The van der Waals surface area contributed by atoms with Gasteiger partial charge in [0.25, 0.3) is 0 Å². The summed E-state index contributed by atoms with van der Waals surface area (Å²) < 4.78 is 6.12. The van der Waals surface area contributed by atoms with Crippen LogP contribution in [0, 0.1) is 29.1 Å². The summed E-state index contributed by atoms with van der Waals surface area (Å²) in [4.78, 5) is 0. The lowest BCUT2D eigenvalue weighted by Crippen LogP contribution is -2.28. The van der Waals surface area contributed by atoms with Crippen LogP contribution >= 0.6 is 0 Å². The Bertz CT molecular complexity index is 332. The minimum absolute atomic E-state index is 0.350. The van der Waals surface area contributed by atoms with Crippen LogP contribution in [-0.4, -0.2) is 12.7 Å². The maximum absolute atomic E-state index is 9.02. The number of nitriles is 1. The standard InChI is InChI=1S/C21H37NO/c1-2-3-4-5-6-7-16-23-21-14-12-20(13-15-21)19-10-8-18(17-22)9-11-19/h18-21H,2-16H2,1H3. The van der Waals surface area contributed by atoms with E-state index in [1.807, 2.05) is 0 Å². The Hall–Kier alpha value is -0.550. The molecule has 2 rings (SSSR count). The number of hydrogen-bond acceptors (Lipinski definition) is 2. The molecular formula is C21H37NO. The highest BCUT2D eigenvalue weighted by atomic mass is 16.5. The number of unbranched alkanes of at least 4 members (excludes halogenated alkanes) is 5. The smallest absolute Gasteiger partial charge is 0.0655 e. The maximum atomic E-state index is 9.02. The molecule has 132 valence electrons. The molecule has 0 amide bonds. The van der Waals surface area contributed by atoms with Crippen molar-refractivity contribution in [3.05, 3.63) is 0 Å². The minimum Gasteiger partial charge on any atom is -0.378 e. The highest BCUT2D eigenvalue weighted by Crippen LogP contribution is 2.40. The number of rotatable bonds is 9. The molecule has 0 N–H and O–H groups in total. The summed E-state index contributed by atoms with van der Waals surface area (Å²) in [5.74, 6) is 2.17. The van der Waals surface area contributed by atoms with Gasteiger partial charge < -0.3 is 4.74 Å². The molecule has 0 unspecified atom stereocenters. The predicted molar refractivity (Wildman–Crippen MR) is 96.1 cm³/mol. The number of hydrogen-bond donors (Lipinski definition) is 0. The fraction of sp³-hybridized carbons (Fsp3) is 0.952. The molecule has 2 nitrogen and oxygen atoms in total. The van der Waals surface area contributed by atoms with Gasteiger partial charge in [0, 0.05) is 12.5 Å². The van der Waals surface area contributed by atoms with E-state index < -0.39 is 0 Å². The zero-order valence-corrected chi connectivity index (χ0v) is 15.3. The van der Waals surface area contributed by atoms with Crippen molar-refractivity contribution >= 4 is 0 Å². The zero-order chi connectivity index (χ0) is 16.3. The van der Waals surface area contributed by atoms with Crippen LogP contribution in [0.2, 0.25) is 0 Å². The summed E-state index contributed by atoms with van der Waals surface area (Å²) in [5, 5.41) is 9.02. The van der Waals surface area contributed by atoms with E-state index in [4.69, 9.17) is 10.00 Å². The molecule has 2 saturated carbocycles. The van der Waals surface area contributed by atoms with E-state index in [2.05, 4.69) is 13.0 Å². The molecule has 0 saturated heterocycles. The summed E-state index contributed by atoms with van der Waals surface area (Å²) in [5.41, 5.74) is 0. The van der Waals surface area contributed by atoms with E-state index in [9.17, 15) is 0 Å². The second-order valence-electron chi connectivity index (χ2n) is 7.92. The average Bonchev–Trinajstić information content (AvgIpc) is 2.61. The maximum Gasteiger partial charge on any atom is 0.0655 e.